The van der Waals surface area contributed by atoms with Gasteiger partial charge in [-0.1, -0.05) is 13.0 Å². The number of nitrogens with two attached hydrogens (primary N) is 1. The monoisotopic (exact) mass is 259 g/mol. The van der Waals surface area contributed by atoms with Crippen molar-refractivity contribution >= 4 is 0 Å². The predicted molar refractivity (Wildman–Crippen MR) is 75.4 cm³/mol. The van der Waals surface area contributed by atoms with Crippen LogP contribution in [0.3, 0.4) is 0 Å². The summed E-state index contributed by atoms with van der Waals surface area (Å²) in [5.41, 5.74) is 7.42. The summed E-state index contributed by atoms with van der Waals surface area (Å²) in [6.45, 7) is 2.84. The standard InChI is InChI=1S/C15H21N3O/c1-3-14(16)15(12-6-4-8-17-10-12)18(2)11-13-7-5-9-19-13/h4-10,14-15H,3,11,16H2,1-2H3. The second-order valence-electron chi connectivity index (χ2n) is 4.80. The third-order valence-electron chi connectivity index (χ3n) is 3.36. The molecule has 2 rings (SSSR count). The molecule has 2 heterocycles. The van der Waals surface area contributed by atoms with Crippen LogP contribution in [0.1, 0.15) is 30.7 Å². The van der Waals surface area contributed by atoms with Crippen molar-refractivity contribution in [2.75, 3.05) is 7.05 Å². The van der Waals surface area contributed by atoms with Gasteiger partial charge in [0.15, 0.2) is 0 Å². The van der Waals surface area contributed by atoms with E-state index >= 15 is 0 Å². The summed E-state index contributed by atoms with van der Waals surface area (Å²) in [7, 11) is 2.07. The number of aromatic nitrogens is 1. The first kappa shape index (κ1) is 13.8. The fourth-order valence-corrected chi connectivity index (χ4v) is 2.35. The molecule has 102 valence electrons. The molecule has 4 nitrogen and oxygen atoms in total. The summed E-state index contributed by atoms with van der Waals surface area (Å²) in [4.78, 5) is 6.41. The predicted octanol–water partition coefficient (Wildman–Crippen LogP) is 2.59. The number of rotatable bonds is 6. The minimum atomic E-state index is 0.0733. The Hall–Kier alpha value is -1.65. The SMILES string of the molecule is CCC(N)C(c1cccnc1)N(C)Cc1ccco1. The van der Waals surface area contributed by atoms with Crippen LogP contribution in [0.15, 0.2) is 47.3 Å². The molecule has 0 spiro atoms. The Labute approximate surface area is 114 Å². The van der Waals surface area contributed by atoms with Gasteiger partial charge >= 0.3 is 0 Å². The van der Waals surface area contributed by atoms with Gasteiger partial charge in [-0.2, -0.15) is 0 Å². The average Bonchev–Trinajstić information content (AvgIpc) is 2.93. The van der Waals surface area contributed by atoms with E-state index < -0.39 is 0 Å². The van der Waals surface area contributed by atoms with Crippen LogP contribution in [0.25, 0.3) is 0 Å². The first-order chi connectivity index (χ1) is 9.22. The van der Waals surface area contributed by atoms with Crippen molar-refractivity contribution < 1.29 is 4.42 Å². The third kappa shape index (κ3) is 3.43. The molecule has 0 aliphatic carbocycles. The molecule has 2 unspecified atom stereocenters. The van der Waals surface area contributed by atoms with Gasteiger partial charge in [0.25, 0.3) is 0 Å². The molecule has 19 heavy (non-hydrogen) atoms. The van der Waals surface area contributed by atoms with E-state index in [1.54, 1.807) is 12.5 Å². The Morgan fingerprint density at radius 3 is 2.79 bits per heavy atom. The first-order valence-electron chi connectivity index (χ1n) is 6.60. The lowest BCUT2D eigenvalue weighted by Crippen LogP contribution is -2.38. The van der Waals surface area contributed by atoms with Crippen LogP contribution < -0.4 is 5.73 Å². The van der Waals surface area contributed by atoms with E-state index in [2.05, 4.69) is 29.9 Å². The average molecular weight is 259 g/mol. The van der Waals surface area contributed by atoms with Gasteiger partial charge in [0.05, 0.1) is 18.8 Å². The summed E-state index contributed by atoms with van der Waals surface area (Å²) in [5, 5.41) is 0. The zero-order chi connectivity index (χ0) is 13.7. The quantitative estimate of drug-likeness (QED) is 0.866. The van der Waals surface area contributed by atoms with Crippen LogP contribution in [0.5, 0.6) is 0 Å². The molecule has 0 saturated carbocycles. The van der Waals surface area contributed by atoms with E-state index in [1.807, 2.05) is 24.4 Å². The molecular formula is C15H21N3O. The number of furan rings is 1. The Kier molecular flexibility index (Phi) is 4.71. The molecule has 0 fully saturated rings. The largest absolute Gasteiger partial charge is 0.468 e. The van der Waals surface area contributed by atoms with Gasteiger partial charge < -0.3 is 10.2 Å². The number of hydrogen-bond acceptors (Lipinski definition) is 4. The highest BCUT2D eigenvalue weighted by molar-refractivity contribution is 5.16. The smallest absolute Gasteiger partial charge is 0.117 e. The summed E-state index contributed by atoms with van der Waals surface area (Å²) < 4.78 is 5.41. The molecule has 0 saturated heterocycles. The molecule has 2 N–H and O–H groups in total. The molecule has 0 aliphatic rings. The second-order valence-corrected chi connectivity index (χ2v) is 4.80. The summed E-state index contributed by atoms with van der Waals surface area (Å²) >= 11 is 0. The minimum Gasteiger partial charge on any atom is -0.468 e. The highest BCUT2D eigenvalue weighted by Gasteiger charge is 2.23. The number of hydrogen-bond donors (Lipinski definition) is 1. The topological polar surface area (TPSA) is 55.3 Å². The van der Waals surface area contributed by atoms with E-state index in [1.165, 1.54) is 0 Å². The van der Waals surface area contributed by atoms with Gasteiger partial charge in [-0.15, -0.1) is 0 Å². The number of likely N-dealkylation sites (N-methyl/N-ethyl adjacent to an activating group) is 1. The molecule has 0 aliphatic heterocycles. The fourth-order valence-electron chi connectivity index (χ4n) is 2.35. The normalized spacial score (nSPS) is 14.5. The van der Waals surface area contributed by atoms with Crippen molar-refractivity contribution in [2.24, 2.45) is 5.73 Å². The maximum atomic E-state index is 6.28. The Bertz CT molecular complexity index is 469. The van der Waals surface area contributed by atoms with Gasteiger partial charge in [0, 0.05) is 18.4 Å². The molecule has 2 aromatic rings. The molecule has 0 aromatic carbocycles. The lowest BCUT2D eigenvalue weighted by Gasteiger charge is -2.32. The van der Waals surface area contributed by atoms with Crippen molar-refractivity contribution in [1.82, 2.24) is 9.88 Å². The lowest BCUT2D eigenvalue weighted by atomic mass is 9.98. The number of pyridine rings is 1. The van der Waals surface area contributed by atoms with Gasteiger partial charge in [0.2, 0.25) is 0 Å². The van der Waals surface area contributed by atoms with E-state index in [0.29, 0.717) is 0 Å². The van der Waals surface area contributed by atoms with Crippen LogP contribution in [0.4, 0.5) is 0 Å². The minimum absolute atomic E-state index is 0.0733. The Morgan fingerprint density at radius 1 is 1.37 bits per heavy atom. The highest BCUT2D eigenvalue weighted by Crippen LogP contribution is 2.24. The number of nitrogens with zero attached hydrogens (tertiary/aromatic N) is 2. The molecule has 0 amide bonds. The molecule has 2 atom stereocenters. The van der Waals surface area contributed by atoms with E-state index in [-0.39, 0.29) is 12.1 Å². The first-order valence-corrected chi connectivity index (χ1v) is 6.60. The molecule has 4 heteroatoms. The maximum absolute atomic E-state index is 6.28. The fraction of sp³-hybridized carbons (Fsp3) is 0.400. The molecule has 0 bridgehead atoms. The summed E-state index contributed by atoms with van der Waals surface area (Å²) in [6.07, 6.45) is 6.29. The highest BCUT2D eigenvalue weighted by atomic mass is 16.3. The van der Waals surface area contributed by atoms with Gasteiger partial charge in [-0.25, -0.2) is 0 Å². The van der Waals surface area contributed by atoms with Crippen LogP contribution in [0, 0.1) is 0 Å². The van der Waals surface area contributed by atoms with E-state index in [9.17, 15) is 0 Å². The van der Waals surface area contributed by atoms with Crippen molar-refractivity contribution in [1.29, 1.82) is 0 Å². The van der Waals surface area contributed by atoms with Crippen LogP contribution in [-0.4, -0.2) is 23.0 Å². The molecule has 0 radical (unpaired) electrons. The maximum Gasteiger partial charge on any atom is 0.117 e. The van der Waals surface area contributed by atoms with Crippen molar-refractivity contribution in [3.63, 3.8) is 0 Å². The van der Waals surface area contributed by atoms with Crippen molar-refractivity contribution in [3.05, 3.63) is 54.2 Å². The van der Waals surface area contributed by atoms with E-state index in [4.69, 9.17) is 10.2 Å². The summed E-state index contributed by atoms with van der Waals surface area (Å²) in [5.74, 6) is 0.944. The van der Waals surface area contributed by atoms with Gasteiger partial charge in [-0.05, 0) is 37.2 Å². The van der Waals surface area contributed by atoms with E-state index in [0.717, 1.165) is 24.3 Å². The van der Waals surface area contributed by atoms with Crippen molar-refractivity contribution in [3.8, 4) is 0 Å². The Balaban J connectivity index is 2.18. The molecule has 2 aromatic heterocycles. The Morgan fingerprint density at radius 2 is 2.21 bits per heavy atom. The van der Waals surface area contributed by atoms with Crippen LogP contribution >= 0.6 is 0 Å². The third-order valence-corrected chi connectivity index (χ3v) is 3.36. The second kappa shape index (κ2) is 6.50. The summed E-state index contributed by atoms with van der Waals surface area (Å²) in [6, 6.07) is 8.13. The van der Waals surface area contributed by atoms with Gasteiger partial charge in [-0.3, -0.25) is 9.88 Å². The zero-order valence-electron chi connectivity index (χ0n) is 11.5. The zero-order valence-corrected chi connectivity index (χ0v) is 11.5. The van der Waals surface area contributed by atoms with Crippen LogP contribution in [-0.2, 0) is 6.54 Å². The lowest BCUT2D eigenvalue weighted by molar-refractivity contribution is 0.187. The van der Waals surface area contributed by atoms with Gasteiger partial charge in [0.1, 0.15) is 5.76 Å². The molecular weight excluding hydrogens is 238 g/mol. The van der Waals surface area contributed by atoms with Crippen LogP contribution in [0.2, 0.25) is 0 Å². The van der Waals surface area contributed by atoms with Crippen molar-refractivity contribution in [2.45, 2.75) is 32.0 Å².